The summed E-state index contributed by atoms with van der Waals surface area (Å²) >= 11 is 0. The zero-order valence-corrected chi connectivity index (χ0v) is 15.2. The van der Waals surface area contributed by atoms with Gasteiger partial charge in [0.2, 0.25) is 5.91 Å². The predicted octanol–water partition coefficient (Wildman–Crippen LogP) is 0.941. The number of nitrogens with one attached hydrogen (secondary N) is 1. The first-order chi connectivity index (χ1) is 12.5. The molecule has 0 unspecified atom stereocenters. The van der Waals surface area contributed by atoms with Gasteiger partial charge in [0, 0.05) is 39.5 Å². The Morgan fingerprint density at radius 1 is 1.15 bits per heavy atom. The summed E-state index contributed by atoms with van der Waals surface area (Å²) in [4.78, 5) is 34.1. The lowest BCUT2D eigenvalue weighted by molar-refractivity contribution is -0.119. The Balaban J connectivity index is 1.48. The van der Waals surface area contributed by atoms with Crippen LogP contribution in [0.15, 0.2) is 24.8 Å². The number of aromatic nitrogens is 4. The van der Waals surface area contributed by atoms with E-state index in [-0.39, 0.29) is 11.8 Å². The maximum Gasteiger partial charge on any atom is 0.257 e. The highest BCUT2D eigenvalue weighted by molar-refractivity contribution is 5.93. The molecule has 2 aromatic rings. The van der Waals surface area contributed by atoms with Crippen LogP contribution in [0.5, 0.6) is 0 Å². The second-order valence-corrected chi connectivity index (χ2v) is 6.75. The minimum atomic E-state index is -0.0801. The minimum Gasteiger partial charge on any atom is -0.351 e. The number of hydrogen-bond donors (Lipinski definition) is 1. The summed E-state index contributed by atoms with van der Waals surface area (Å²) < 4.78 is 1.65. The van der Waals surface area contributed by atoms with E-state index in [0.29, 0.717) is 18.0 Å². The van der Waals surface area contributed by atoms with Crippen LogP contribution in [0.1, 0.15) is 41.5 Å². The van der Waals surface area contributed by atoms with Gasteiger partial charge in [-0.05, 0) is 25.2 Å². The Kier molecular flexibility index (Phi) is 5.60. The normalized spacial score (nSPS) is 15.1. The number of likely N-dealkylation sites (tertiary alicyclic amines) is 1. The van der Waals surface area contributed by atoms with Crippen LogP contribution in [-0.4, -0.2) is 49.6 Å². The average Bonchev–Trinajstić information content (AvgIpc) is 3.07. The van der Waals surface area contributed by atoms with E-state index in [2.05, 4.69) is 20.4 Å². The molecule has 3 rings (SSSR count). The van der Waals surface area contributed by atoms with Gasteiger partial charge in [0.15, 0.2) is 0 Å². The van der Waals surface area contributed by atoms with Gasteiger partial charge in [-0.15, -0.1) is 0 Å². The van der Waals surface area contributed by atoms with Crippen molar-refractivity contribution in [1.29, 1.82) is 0 Å². The highest BCUT2D eigenvalue weighted by atomic mass is 16.2. The Labute approximate surface area is 152 Å². The third kappa shape index (κ3) is 4.65. The molecule has 1 aliphatic heterocycles. The van der Waals surface area contributed by atoms with Gasteiger partial charge in [0.05, 0.1) is 35.9 Å². The maximum absolute atomic E-state index is 12.4. The second kappa shape index (κ2) is 8.07. The Morgan fingerprint density at radius 2 is 1.85 bits per heavy atom. The highest BCUT2D eigenvalue weighted by Crippen LogP contribution is 2.22. The van der Waals surface area contributed by atoms with Crippen LogP contribution >= 0.6 is 0 Å². The van der Waals surface area contributed by atoms with E-state index in [1.807, 2.05) is 11.9 Å². The highest BCUT2D eigenvalue weighted by Gasteiger charge is 2.24. The minimum absolute atomic E-state index is 0.0543. The number of carbonyl (C=O) groups is 2. The zero-order valence-electron chi connectivity index (χ0n) is 15.2. The topological polar surface area (TPSA) is 93.0 Å². The standard InChI is InChI=1S/C18H24N6O2/c1-13(25)19-10-17-11-20-16(9-21-17)7-14-3-5-24(6-4-14)18(26)15-8-22-23(2)12-15/h8-9,11-12,14H,3-7,10H2,1-2H3,(H,19,25). The number of carbonyl (C=O) groups excluding carboxylic acids is 2. The molecule has 0 bridgehead atoms. The van der Waals surface area contributed by atoms with Crippen LogP contribution in [0.3, 0.4) is 0 Å². The van der Waals surface area contributed by atoms with Crippen molar-refractivity contribution in [3.63, 3.8) is 0 Å². The fourth-order valence-corrected chi connectivity index (χ4v) is 3.14. The molecule has 1 fully saturated rings. The molecule has 138 valence electrons. The molecule has 1 N–H and O–H groups in total. The van der Waals surface area contributed by atoms with E-state index in [9.17, 15) is 9.59 Å². The molecule has 0 aliphatic carbocycles. The van der Waals surface area contributed by atoms with Gasteiger partial charge < -0.3 is 10.2 Å². The second-order valence-electron chi connectivity index (χ2n) is 6.75. The quantitative estimate of drug-likeness (QED) is 0.861. The van der Waals surface area contributed by atoms with Crippen molar-refractivity contribution >= 4 is 11.8 Å². The lowest BCUT2D eigenvalue weighted by atomic mass is 9.92. The van der Waals surface area contributed by atoms with Crippen LogP contribution in [0, 0.1) is 5.92 Å². The summed E-state index contributed by atoms with van der Waals surface area (Å²) in [7, 11) is 1.81. The van der Waals surface area contributed by atoms with E-state index >= 15 is 0 Å². The van der Waals surface area contributed by atoms with Gasteiger partial charge in [0.1, 0.15) is 0 Å². The summed E-state index contributed by atoms with van der Waals surface area (Å²) in [6, 6.07) is 0. The van der Waals surface area contributed by atoms with E-state index in [1.165, 1.54) is 6.92 Å². The maximum atomic E-state index is 12.4. The van der Waals surface area contributed by atoms with Gasteiger partial charge in [-0.3, -0.25) is 24.2 Å². The fourth-order valence-electron chi connectivity index (χ4n) is 3.14. The van der Waals surface area contributed by atoms with Crippen LogP contribution < -0.4 is 5.32 Å². The first-order valence-electron chi connectivity index (χ1n) is 8.83. The van der Waals surface area contributed by atoms with Gasteiger partial charge in [-0.1, -0.05) is 0 Å². The van der Waals surface area contributed by atoms with Crippen molar-refractivity contribution < 1.29 is 9.59 Å². The van der Waals surface area contributed by atoms with Gasteiger partial charge in [0.25, 0.3) is 5.91 Å². The summed E-state index contributed by atoms with van der Waals surface area (Å²) in [5, 5.41) is 6.77. The Morgan fingerprint density at radius 3 is 2.42 bits per heavy atom. The lowest BCUT2D eigenvalue weighted by Gasteiger charge is -2.31. The van der Waals surface area contributed by atoms with Crippen molar-refractivity contribution in [2.45, 2.75) is 32.7 Å². The molecule has 1 saturated heterocycles. The molecule has 0 atom stereocenters. The molecule has 26 heavy (non-hydrogen) atoms. The number of rotatable bonds is 5. The third-order valence-electron chi connectivity index (χ3n) is 4.63. The van der Waals surface area contributed by atoms with E-state index in [4.69, 9.17) is 0 Å². The number of nitrogens with zero attached hydrogens (tertiary/aromatic N) is 5. The van der Waals surface area contributed by atoms with Crippen molar-refractivity contribution in [3.05, 3.63) is 41.7 Å². The molecule has 2 amide bonds. The molecule has 2 aromatic heterocycles. The van der Waals surface area contributed by atoms with E-state index in [0.717, 1.165) is 43.7 Å². The van der Waals surface area contributed by atoms with Crippen LogP contribution in [0.2, 0.25) is 0 Å². The van der Waals surface area contributed by atoms with Crippen LogP contribution in [0.4, 0.5) is 0 Å². The fraction of sp³-hybridized carbons (Fsp3) is 0.500. The summed E-state index contributed by atoms with van der Waals surface area (Å²) in [5.74, 6) is 0.477. The predicted molar refractivity (Wildman–Crippen MR) is 95.1 cm³/mol. The average molecular weight is 356 g/mol. The van der Waals surface area contributed by atoms with Gasteiger partial charge in [-0.2, -0.15) is 5.10 Å². The summed E-state index contributed by atoms with van der Waals surface area (Å²) in [5.41, 5.74) is 2.35. The molecule has 8 heteroatoms. The molecule has 0 aromatic carbocycles. The lowest BCUT2D eigenvalue weighted by Crippen LogP contribution is -2.38. The van der Waals surface area contributed by atoms with Gasteiger partial charge in [-0.25, -0.2) is 0 Å². The molecule has 0 saturated carbocycles. The zero-order chi connectivity index (χ0) is 18.5. The van der Waals surface area contributed by atoms with Crippen molar-refractivity contribution in [1.82, 2.24) is 30.0 Å². The molecule has 0 spiro atoms. The van der Waals surface area contributed by atoms with Crippen LogP contribution in [-0.2, 0) is 24.8 Å². The monoisotopic (exact) mass is 356 g/mol. The Hall–Kier alpha value is -2.77. The van der Waals surface area contributed by atoms with Crippen molar-refractivity contribution in [2.75, 3.05) is 13.1 Å². The van der Waals surface area contributed by atoms with E-state index < -0.39 is 0 Å². The number of piperidine rings is 1. The molecule has 8 nitrogen and oxygen atoms in total. The molecular formula is C18H24N6O2. The van der Waals surface area contributed by atoms with Crippen LogP contribution in [0.25, 0.3) is 0 Å². The van der Waals surface area contributed by atoms with Crippen molar-refractivity contribution in [2.24, 2.45) is 13.0 Å². The molecule has 3 heterocycles. The first kappa shape index (κ1) is 18.0. The number of aryl methyl sites for hydroxylation is 1. The van der Waals surface area contributed by atoms with Gasteiger partial charge >= 0.3 is 0 Å². The SMILES string of the molecule is CC(=O)NCc1cnc(CC2CCN(C(=O)c3cnn(C)c3)CC2)cn1. The Bertz CT molecular complexity index is 762. The number of hydrogen-bond acceptors (Lipinski definition) is 5. The number of amides is 2. The largest absolute Gasteiger partial charge is 0.351 e. The molecule has 0 radical (unpaired) electrons. The molecular weight excluding hydrogens is 332 g/mol. The summed E-state index contributed by atoms with van der Waals surface area (Å²) in [6.07, 6.45) is 9.65. The summed E-state index contributed by atoms with van der Waals surface area (Å²) in [6.45, 7) is 3.39. The van der Waals surface area contributed by atoms with E-state index in [1.54, 1.807) is 29.5 Å². The smallest absolute Gasteiger partial charge is 0.257 e. The third-order valence-corrected chi connectivity index (χ3v) is 4.63. The molecule has 1 aliphatic rings. The van der Waals surface area contributed by atoms with Crippen molar-refractivity contribution in [3.8, 4) is 0 Å². The first-order valence-corrected chi connectivity index (χ1v) is 8.83.